The molecule has 5 heteroatoms. The minimum atomic E-state index is -0.837. The quantitative estimate of drug-likeness (QED) is 0.909. The molecule has 0 bridgehead atoms. The summed E-state index contributed by atoms with van der Waals surface area (Å²) < 4.78 is 27.1. The average Bonchev–Trinajstić information content (AvgIpc) is 2.45. The van der Waals surface area contributed by atoms with Gasteiger partial charge in [-0.25, -0.2) is 8.78 Å². The van der Waals surface area contributed by atoms with Crippen molar-refractivity contribution in [2.45, 2.75) is 19.4 Å². The first-order chi connectivity index (χ1) is 9.97. The van der Waals surface area contributed by atoms with Crippen LogP contribution in [-0.2, 0) is 11.2 Å². The lowest BCUT2D eigenvalue weighted by atomic mass is 10.1. The molecule has 0 aliphatic heterocycles. The first-order valence-corrected chi connectivity index (χ1v) is 6.53. The standard InChI is InChI=1S/C16H16F2N2O/c1-10-7-13(18)15(9-12(10)17)20-16(21)14(19)8-11-5-3-2-4-6-11/h2-7,9,14H,8,19H2,1H3,(H,20,21). The van der Waals surface area contributed by atoms with Crippen LogP contribution in [0.25, 0.3) is 0 Å². The van der Waals surface area contributed by atoms with Crippen molar-refractivity contribution in [3.05, 3.63) is 65.2 Å². The Morgan fingerprint density at radius 1 is 1.19 bits per heavy atom. The number of halogens is 2. The van der Waals surface area contributed by atoms with Crippen molar-refractivity contribution in [3.8, 4) is 0 Å². The lowest BCUT2D eigenvalue weighted by Crippen LogP contribution is -2.37. The smallest absolute Gasteiger partial charge is 0.241 e. The van der Waals surface area contributed by atoms with E-state index in [0.29, 0.717) is 6.42 Å². The predicted molar refractivity (Wildman–Crippen MR) is 77.8 cm³/mol. The van der Waals surface area contributed by atoms with Crippen LogP contribution < -0.4 is 11.1 Å². The Hall–Kier alpha value is -2.27. The van der Waals surface area contributed by atoms with Crippen LogP contribution in [0.5, 0.6) is 0 Å². The maximum Gasteiger partial charge on any atom is 0.241 e. The van der Waals surface area contributed by atoms with Gasteiger partial charge in [0.2, 0.25) is 5.91 Å². The van der Waals surface area contributed by atoms with Gasteiger partial charge in [0.05, 0.1) is 11.7 Å². The molecule has 0 heterocycles. The molecule has 0 saturated heterocycles. The Morgan fingerprint density at radius 2 is 1.86 bits per heavy atom. The van der Waals surface area contributed by atoms with Gasteiger partial charge in [-0.15, -0.1) is 0 Å². The van der Waals surface area contributed by atoms with Gasteiger partial charge in [0.15, 0.2) is 0 Å². The zero-order valence-corrected chi connectivity index (χ0v) is 11.6. The molecule has 1 atom stereocenters. The van der Waals surface area contributed by atoms with E-state index in [4.69, 9.17) is 5.73 Å². The summed E-state index contributed by atoms with van der Waals surface area (Å²) in [6.45, 7) is 1.45. The van der Waals surface area contributed by atoms with Gasteiger partial charge in [-0.1, -0.05) is 30.3 Å². The van der Waals surface area contributed by atoms with Gasteiger partial charge in [0.25, 0.3) is 0 Å². The molecular formula is C16H16F2N2O. The number of carbonyl (C=O) groups excluding carboxylic acids is 1. The number of hydrogen-bond donors (Lipinski definition) is 2. The number of hydrogen-bond acceptors (Lipinski definition) is 2. The van der Waals surface area contributed by atoms with E-state index in [1.54, 1.807) is 0 Å². The maximum atomic E-state index is 13.7. The molecule has 1 amide bonds. The summed E-state index contributed by atoms with van der Waals surface area (Å²) in [6, 6.07) is 10.4. The van der Waals surface area contributed by atoms with Crippen molar-refractivity contribution in [1.82, 2.24) is 0 Å². The highest BCUT2D eigenvalue weighted by Gasteiger charge is 2.17. The summed E-state index contributed by atoms with van der Waals surface area (Å²) in [5.41, 5.74) is 6.66. The van der Waals surface area contributed by atoms with Crippen LogP contribution in [0.1, 0.15) is 11.1 Å². The summed E-state index contributed by atoms with van der Waals surface area (Å²) >= 11 is 0. The largest absolute Gasteiger partial charge is 0.322 e. The monoisotopic (exact) mass is 290 g/mol. The number of nitrogens with two attached hydrogens (primary N) is 1. The fourth-order valence-corrected chi connectivity index (χ4v) is 1.93. The van der Waals surface area contributed by atoms with Crippen LogP contribution in [0.2, 0.25) is 0 Å². The second kappa shape index (κ2) is 6.45. The summed E-state index contributed by atoms with van der Waals surface area (Å²) in [5, 5.41) is 2.32. The van der Waals surface area contributed by atoms with Crippen LogP contribution in [0.3, 0.4) is 0 Å². The topological polar surface area (TPSA) is 55.1 Å². The lowest BCUT2D eigenvalue weighted by Gasteiger charge is -2.13. The van der Waals surface area contributed by atoms with Gasteiger partial charge >= 0.3 is 0 Å². The maximum absolute atomic E-state index is 13.7. The number of amides is 1. The van der Waals surface area contributed by atoms with E-state index >= 15 is 0 Å². The summed E-state index contributed by atoms with van der Waals surface area (Å²) in [4.78, 5) is 11.9. The average molecular weight is 290 g/mol. The van der Waals surface area contributed by atoms with Crippen molar-refractivity contribution >= 4 is 11.6 Å². The number of nitrogens with one attached hydrogen (secondary N) is 1. The third-order valence-corrected chi connectivity index (χ3v) is 3.14. The molecular weight excluding hydrogens is 274 g/mol. The van der Waals surface area contributed by atoms with Crippen molar-refractivity contribution in [1.29, 1.82) is 0 Å². The Bertz CT molecular complexity index is 644. The van der Waals surface area contributed by atoms with E-state index in [1.165, 1.54) is 6.92 Å². The number of benzene rings is 2. The molecule has 0 radical (unpaired) electrons. The van der Waals surface area contributed by atoms with E-state index in [-0.39, 0.29) is 11.3 Å². The summed E-state index contributed by atoms with van der Waals surface area (Å²) in [5.74, 6) is -1.82. The molecule has 0 aliphatic carbocycles. The van der Waals surface area contributed by atoms with Crippen molar-refractivity contribution in [2.24, 2.45) is 5.73 Å². The molecule has 2 rings (SSSR count). The second-order valence-corrected chi connectivity index (χ2v) is 4.87. The highest BCUT2D eigenvalue weighted by Crippen LogP contribution is 2.19. The Labute approximate surface area is 121 Å². The Kier molecular flexibility index (Phi) is 4.65. The molecule has 3 nitrogen and oxygen atoms in total. The molecule has 2 aromatic rings. The molecule has 3 N–H and O–H groups in total. The van der Waals surface area contributed by atoms with Crippen molar-refractivity contribution in [3.63, 3.8) is 0 Å². The van der Waals surface area contributed by atoms with Gasteiger partial charge in [-0.2, -0.15) is 0 Å². The van der Waals surface area contributed by atoms with Gasteiger partial charge in [0.1, 0.15) is 11.6 Å². The van der Waals surface area contributed by atoms with E-state index in [9.17, 15) is 13.6 Å². The third-order valence-electron chi connectivity index (χ3n) is 3.14. The van der Waals surface area contributed by atoms with Gasteiger partial charge in [-0.3, -0.25) is 4.79 Å². The molecule has 0 saturated carbocycles. The first-order valence-electron chi connectivity index (χ1n) is 6.53. The van der Waals surface area contributed by atoms with Crippen LogP contribution in [0.4, 0.5) is 14.5 Å². The minimum absolute atomic E-state index is 0.180. The van der Waals surface area contributed by atoms with Crippen LogP contribution in [0.15, 0.2) is 42.5 Å². The molecule has 110 valence electrons. The zero-order chi connectivity index (χ0) is 15.4. The molecule has 0 fully saturated rings. The van der Waals surface area contributed by atoms with E-state index in [2.05, 4.69) is 5.32 Å². The number of aryl methyl sites for hydroxylation is 1. The predicted octanol–water partition coefficient (Wildman–Crippen LogP) is 2.78. The molecule has 0 aliphatic rings. The third kappa shape index (κ3) is 3.86. The summed E-state index contributed by atoms with van der Waals surface area (Å²) in [7, 11) is 0. The van der Waals surface area contributed by atoms with Crippen LogP contribution in [-0.4, -0.2) is 11.9 Å². The number of anilines is 1. The number of carbonyl (C=O) groups is 1. The second-order valence-electron chi connectivity index (χ2n) is 4.87. The van der Waals surface area contributed by atoms with Crippen LogP contribution >= 0.6 is 0 Å². The molecule has 2 aromatic carbocycles. The molecule has 21 heavy (non-hydrogen) atoms. The van der Waals surface area contributed by atoms with Gasteiger partial charge in [0, 0.05) is 6.07 Å². The Morgan fingerprint density at radius 3 is 2.52 bits per heavy atom. The van der Waals surface area contributed by atoms with Crippen molar-refractivity contribution < 1.29 is 13.6 Å². The van der Waals surface area contributed by atoms with Gasteiger partial charge < -0.3 is 11.1 Å². The zero-order valence-electron chi connectivity index (χ0n) is 11.6. The highest BCUT2D eigenvalue weighted by molar-refractivity contribution is 5.95. The van der Waals surface area contributed by atoms with E-state index < -0.39 is 23.6 Å². The molecule has 0 aromatic heterocycles. The Balaban J connectivity index is 2.06. The molecule has 1 unspecified atom stereocenters. The first kappa shape index (κ1) is 15.1. The van der Waals surface area contributed by atoms with Gasteiger partial charge in [-0.05, 0) is 30.5 Å². The van der Waals surface area contributed by atoms with E-state index in [1.807, 2.05) is 30.3 Å². The number of rotatable bonds is 4. The highest BCUT2D eigenvalue weighted by atomic mass is 19.1. The normalized spacial score (nSPS) is 12.0. The van der Waals surface area contributed by atoms with Crippen LogP contribution in [0, 0.1) is 18.6 Å². The summed E-state index contributed by atoms with van der Waals surface area (Å²) in [6.07, 6.45) is 0.322. The van der Waals surface area contributed by atoms with E-state index in [0.717, 1.165) is 17.7 Å². The van der Waals surface area contributed by atoms with Crippen molar-refractivity contribution in [2.75, 3.05) is 5.32 Å². The fourth-order valence-electron chi connectivity index (χ4n) is 1.93. The lowest BCUT2D eigenvalue weighted by molar-refractivity contribution is -0.117. The SMILES string of the molecule is Cc1cc(F)c(NC(=O)C(N)Cc2ccccc2)cc1F. The molecule has 0 spiro atoms. The fraction of sp³-hybridized carbons (Fsp3) is 0.188. The minimum Gasteiger partial charge on any atom is -0.322 e.